The zero-order chi connectivity index (χ0) is 20.9. The van der Waals surface area contributed by atoms with Crippen molar-refractivity contribution in [2.75, 3.05) is 46.1 Å². The third-order valence-electron chi connectivity index (χ3n) is 4.39. The highest BCUT2D eigenvalue weighted by Crippen LogP contribution is 2.19. The summed E-state index contributed by atoms with van der Waals surface area (Å²) in [6.07, 6.45) is 1.06. The van der Waals surface area contributed by atoms with E-state index in [1.54, 1.807) is 12.1 Å². The van der Waals surface area contributed by atoms with Gasteiger partial charge in [-0.2, -0.15) is 8.78 Å². The van der Waals surface area contributed by atoms with Gasteiger partial charge in [0.2, 0.25) is 0 Å². The zero-order valence-electron chi connectivity index (χ0n) is 16.8. The summed E-state index contributed by atoms with van der Waals surface area (Å²) >= 11 is 0. The number of rotatable bonds is 12. The van der Waals surface area contributed by atoms with Crippen LogP contribution in [0.25, 0.3) is 0 Å². The van der Waals surface area contributed by atoms with Gasteiger partial charge in [-0.3, -0.25) is 4.99 Å². The molecule has 2 unspecified atom stereocenters. The van der Waals surface area contributed by atoms with Crippen molar-refractivity contribution >= 4 is 5.96 Å². The zero-order valence-corrected chi connectivity index (χ0v) is 16.8. The van der Waals surface area contributed by atoms with Gasteiger partial charge in [0.25, 0.3) is 0 Å². The molecule has 9 heteroatoms. The Morgan fingerprint density at radius 3 is 2.76 bits per heavy atom. The molecule has 0 aliphatic carbocycles. The lowest BCUT2D eigenvalue weighted by atomic mass is 10.1. The second kappa shape index (κ2) is 13.3. The quantitative estimate of drug-likeness (QED) is 0.276. The van der Waals surface area contributed by atoms with E-state index < -0.39 is 12.7 Å². The lowest BCUT2D eigenvalue weighted by molar-refractivity contribution is -0.0498. The largest absolute Gasteiger partial charge is 0.435 e. The molecule has 1 fully saturated rings. The summed E-state index contributed by atoms with van der Waals surface area (Å²) in [6, 6.07) is 5.89. The number of aliphatic hydroxyl groups is 1. The predicted molar refractivity (Wildman–Crippen MR) is 106 cm³/mol. The summed E-state index contributed by atoms with van der Waals surface area (Å²) < 4.78 is 39.7. The molecule has 7 nitrogen and oxygen atoms in total. The predicted octanol–water partition coefficient (Wildman–Crippen LogP) is 2.32. The summed E-state index contributed by atoms with van der Waals surface area (Å²) in [7, 11) is 0. The molecule has 3 N–H and O–H groups in total. The second-order valence-corrected chi connectivity index (χ2v) is 6.77. The Labute approximate surface area is 170 Å². The highest BCUT2D eigenvalue weighted by atomic mass is 19.3. The molecule has 1 saturated heterocycles. The SMILES string of the molecule is CCNC(=NCC(O)c1ccc(OC(F)F)cc1)NCCCOCC1CCOC1. The van der Waals surface area contributed by atoms with Crippen LogP contribution in [0.15, 0.2) is 29.3 Å². The molecule has 0 saturated carbocycles. The van der Waals surface area contributed by atoms with Gasteiger partial charge in [0.1, 0.15) is 5.75 Å². The summed E-state index contributed by atoms with van der Waals surface area (Å²) in [5.41, 5.74) is 0.579. The molecule has 2 atom stereocenters. The first-order valence-electron chi connectivity index (χ1n) is 9.99. The number of hydrogen-bond donors (Lipinski definition) is 3. The monoisotopic (exact) mass is 415 g/mol. The number of aliphatic imine (C=N–C) groups is 1. The molecule has 29 heavy (non-hydrogen) atoms. The lowest BCUT2D eigenvalue weighted by Gasteiger charge is -2.14. The van der Waals surface area contributed by atoms with Crippen LogP contribution in [-0.2, 0) is 9.47 Å². The average molecular weight is 415 g/mol. The number of halogens is 2. The van der Waals surface area contributed by atoms with Gasteiger partial charge < -0.3 is 30.0 Å². The molecule has 0 radical (unpaired) electrons. The van der Waals surface area contributed by atoms with Gasteiger partial charge in [0.15, 0.2) is 5.96 Å². The van der Waals surface area contributed by atoms with Crippen LogP contribution < -0.4 is 15.4 Å². The minimum absolute atomic E-state index is 0.0529. The molecule has 0 amide bonds. The Morgan fingerprint density at radius 2 is 2.10 bits per heavy atom. The lowest BCUT2D eigenvalue weighted by Crippen LogP contribution is -2.38. The topological polar surface area (TPSA) is 84.3 Å². The van der Waals surface area contributed by atoms with Crippen LogP contribution in [0.3, 0.4) is 0 Å². The molecule has 1 aromatic carbocycles. The van der Waals surface area contributed by atoms with E-state index in [1.165, 1.54) is 12.1 Å². The van der Waals surface area contributed by atoms with Gasteiger partial charge in [-0.05, 0) is 37.5 Å². The van der Waals surface area contributed by atoms with Crippen molar-refractivity contribution in [1.29, 1.82) is 0 Å². The first kappa shape index (κ1) is 23.3. The normalized spacial score (nSPS) is 18.1. The van der Waals surface area contributed by atoms with Gasteiger partial charge in [-0.15, -0.1) is 0 Å². The second-order valence-electron chi connectivity index (χ2n) is 6.77. The summed E-state index contributed by atoms with van der Waals surface area (Å²) in [5, 5.41) is 16.6. The Balaban J connectivity index is 1.69. The number of guanidine groups is 1. The first-order chi connectivity index (χ1) is 14.1. The van der Waals surface area contributed by atoms with Crippen molar-refractivity contribution in [1.82, 2.24) is 10.6 Å². The Kier molecular flexibility index (Phi) is 10.7. The van der Waals surface area contributed by atoms with E-state index in [0.29, 0.717) is 37.1 Å². The maximum atomic E-state index is 12.2. The number of nitrogens with zero attached hydrogens (tertiary/aromatic N) is 1. The number of alkyl halides is 2. The third kappa shape index (κ3) is 9.38. The maximum Gasteiger partial charge on any atom is 0.387 e. The van der Waals surface area contributed by atoms with Crippen molar-refractivity contribution < 1.29 is 28.1 Å². The molecule has 2 rings (SSSR count). The van der Waals surface area contributed by atoms with Crippen LogP contribution in [0.4, 0.5) is 8.78 Å². The molecule has 1 heterocycles. The Morgan fingerprint density at radius 1 is 1.31 bits per heavy atom. The smallest absolute Gasteiger partial charge is 0.387 e. The molecule has 0 aromatic heterocycles. The van der Waals surface area contributed by atoms with Gasteiger partial charge in [0, 0.05) is 32.2 Å². The first-order valence-corrected chi connectivity index (χ1v) is 9.99. The van der Waals surface area contributed by atoms with Crippen LogP contribution >= 0.6 is 0 Å². The molecule has 1 aliphatic rings. The van der Waals surface area contributed by atoms with Gasteiger partial charge >= 0.3 is 6.61 Å². The fraction of sp³-hybridized carbons (Fsp3) is 0.650. The van der Waals surface area contributed by atoms with Crippen LogP contribution in [0.1, 0.15) is 31.4 Å². The fourth-order valence-electron chi connectivity index (χ4n) is 2.84. The van der Waals surface area contributed by atoms with E-state index in [9.17, 15) is 13.9 Å². The van der Waals surface area contributed by atoms with Gasteiger partial charge in [-0.25, -0.2) is 0 Å². The van der Waals surface area contributed by atoms with E-state index in [1.807, 2.05) is 6.92 Å². The highest BCUT2D eigenvalue weighted by molar-refractivity contribution is 5.79. The van der Waals surface area contributed by atoms with Crippen molar-refractivity contribution in [3.05, 3.63) is 29.8 Å². The molecule has 1 aliphatic heterocycles. The fourth-order valence-corrected chi connectivity index (χ4v) is 2.84. The third-order valence-corrected chi connectivity index (χ3v) is 4.39. The van der Waals surface area contributed by atoms with E-state index in [0.717, 1.165) is 32.7 Å². The van der Waals surface area contributed by atoms with E-state index in [-0.39, 0.29) is 12.3 Å². The molecule has 164 valence electrons. The molecular formula is C20H31F2N3O4. The van der Waals surface area contributed by atoms with Crippen LogP contribution in [-0.4, -0.2) is 63.7 Å². The number of hydrogen-bond acceptors (Lipinski definition) is 5. The van der Waals surface area contributed by atoms with Crippen LogP contribution in [0, 0.1) is 5.92 Å². The summed E-state index contributed by atoms with van der Waals surface area (Å²) in [4.78, 5) is 4.38. The number of nitrogens with one attached hydrogen (secondary N) is 2. The Bertz CT molecular complexity index is 596. The van der Waals surface area contributed by atoms with Crippen LogP contribution in [0.5, 0.6) is 5.75 Å². The number of benzene rings is 1. The average Bonchev–Trinajstić information content (AvgIpc) is 3.22. The molecule has 0 spiro atoms. The van der Waals surface area contributed by atoms with Crippen molar-refractivity contribution in [2.24, 2.45) is 10.9 Å². The Hall–Kier alpha value is -1.97. The van der Waals surface area contributed by atoms with E-state index in [2.05, 4.69) is 20.4 Å². The van der Waals surface area contributed by atoms with Gasteiger partial charge in [0.05, 0.1) is 25.9 Å². The standard InChI is InChI=1S/C20H31F2N3O4/c1-2-23-20(24-9-3-10-27-13-15-8-11-28-14-15)25-12-18(26)16-4-6-17(7-5-16)29-19(21)22/h4-7,15,18-19,26H,2-3,8-14H2,1H3,(H2,23,24,25). The van der Waals surface area contributed by atoms with Crippen LogP contribution in [0.2, 0.25) is 0 Å². The van der Waals surface area contributed by atoms with E-state index >= 15 is 0 Å². The maximum absolute atomic E-state index is 12.2. The summed E-state index contributed by atoms with van der Waals surface area (Å²) in [6.45, 7) is 3.65. The summed E-state index contributed by atoms with van der Waals surface area (Å²) in [5.74, 6) is 1.17. The minimum atomic E-state index is -2.87. The van der Waals surface area contributed by atoms with Gasteiger partial charge in [-0.1, -0.05) is 12.1 Å². The molecule has 0 bridgehead atoms. The van der Waals surface area contributed by atoms with Crippen molar-refractivity contribution in [3.8, 4) is 5.75 Å². The molecular weight excluding hydrogens is 384 g/mol. The number of ether oxygens (including phenoxy) is 3. The van der Waals surface area contributed by atoms with Crippen molar-refractivity contribution in [3.63, 3.8) is 0 Å². The van der Waals surface area contributed by atoms with Crippen molar-refractivity contribution in [2.45, 2.75) is 32.5 Å². The van der Waals surface area contributed by atoms with E-state index in [4.69, 9.17) is 9.47 Å². The minimum Gasteiger partial charge on any atom is -0.435 e. The highest BCUT2D eigenvalue weighted by Gasteiger charge is 2.15. The molecule has 1 aromatic rings. The number of aliphatic hydroxyl groups excluding tert-OH is 1.